The third kappa shape index (κ3) is 1.87. The van der Waals surface area contributed by atoms with Crippen molar-refractivity contribution in [3.05, 3.63) is 17.6 Å². The van der Waals surface area contributed by atoms with Gasteiger partial charge in [0, 0.05) is 31.7 Å². The molecule has 1 aliphatic carbocycles. The van der Waals surface area contributed by atoms with E-state index in [9.17, 15) is 5.11 Å². The summed E-state index contributed by atoms with van der Waals surface area (Å²) in [5, 5.41) is 10.00. The van der Waals surface area contributed by atoms with Crippen LogP contribution in [0.3, 0.4) is 0 Å². The first-order chi connectivity index (χ1) is 8.66. The maximum absolute atomic E-state index is 10.00. The van der Waals surface area contributed by atoms with E-state index in [0.717, 1.165) is 49.7 Å². The Morgan fingerprint density at radius 1 is 1.22 bits per heavy atom. The molecule has 0 spiro atoms. The van der Waals surface area contributed by atoms with Gasteiger partial charge < -0.3 is 14.9 Å². The third-order valence-corrected chi connectivity index (χ3v) is 4.08. The van der Waals surface area contributed by atoms with Crippen molar-refractivity contribution >= 4 is 5.82 Å². The van der Waals surface area contributed by atoms with Crippen molar-refractivity contribution in [2.75, 3.05) is 38.1 Å². The van der Waals surface area contributed by atoms with Crippen LogP contribution in [0.15, 0.2) is 6.33 Å². The fraction of sp³-hybridized carbons (Fsp3) is 0.692. The summed E-state index contributed by atoms with van der Waals surface area (Å²) in [5.41, 5.74) is 2.00. The number of piperazine rings is 1. The topological polar surface area (TPSA) is 52.5 Å². The molecule has 0 bridgehead atoms. The molecule has 5 nitrogen and oxygen atoms in total. The quantitative estimate of drug-likeness (QED) is 0.795. The van der Waals surface area contributed by atoms with Crippen molar-refractivity contribution < 1.29 is 5.11 Å². The first-order valence-corrected chi connectivity index (χ1v) is 6.63. The predicted molar refractivity (Wildman–Crippen MR) is 69.7 cm³/mol. The van der Waals surface area contributed by atoms with Gasteiger partial charge in [-0.05, 0) is 19.4 Å². The summed E-state index contributed by atoms with van der Waals surface area (Å²) in [5.74, 6) is 1.39. The van der Waals surface area contributed by atoms with Gasteiger partial charge in [-0.2, -0.15) is 0 Å². The molecule has 3 rings (SSSR count). The van der Waals surface area contributed by atoms with Crippen molar-refractivity contribution in [3.8, 4) is 0 Å². The molecule has 0 unspecified atom stereocenters. The molecule has 0 aromatic carbocycles. The summed E-state index contributed by atoms with van der Waals surface area (Å²) < 4.78 is 0. The summed E-state index contributed by atoms with van der Waals surface area (Å²) in [7, 11) is 2.15. The minimum absolute atomic E-state index is 0.353. The minimum Gasteiger partial charge on any atom is -0.387 e. The molecule has 98 valence electrons. The van der Waals surface area contributed by atoms with E-state index in [0.29, 0.717) is 5.92 Å². The number of anilines is 1. The highest BCUT2D eigenvalue weighted by Gasteiger charge is 2.33. The molecule has 1 fully saturated rings. The summed E-state index contributed by atoms with van der Waals surface area (Å²) >= 11 is 0. The van der Waals surface area contributed by atoms with Crippen molar-refractivity contribution in [3.63, 3.8) is 0 Å². The fourth-order valence-electron chi connectivity index (χ4n) is 2.97. The summed E-state index contributed by atoms with van der Waals surface area (Å²) in [6, 6.07) is 0. The Morgan fingerprint density at radius 3 is 2.67 bits per heavy atom. The summed E-state index contributed by atoms with van der Waals surface area (Å²) in [6.07, 6.45) is 1.95. The Balaban J connectivity index is 1.94. The number of fused-ring (bicyclic) bond motifs is 1. The van der Waals surface area contributed by atoms with Gasteiger partial charge in [0.2, 0.25) is 0 Å². The maximum Gasteiger partial charge on any atom is 0.135 e. The molecular weight excluding hydrogens is 228 g/mol. The van der Waals surface area contributed by atoms with E-state index in [-0.39, 0.29) is 0 Å². The van der Waals surface area contributed by atoms with Gasteiger partial charge in [-0.3, -0.25) is 0 Å². The Kier molecular flexibility index (Phi) is 2.95. The number of hydrogen-bond acceptors (Lipinski definition) is 5. The molecular formula is C13H20N4O. The number of hydrogen-bond donors (Lipinski definition) is 1. The maximum atomic E-state index is 10.00. The second kappa shape index (κ2) is 4.48. The van der Waals surface area contributed by atoms with Crippen LogP contribution in [0.5, 0.6) is 0 Å². The van der Waals surface area contributed by atoms with E-state index in [1.807, 2.05) is 0 Å². The standard InChI is InChI=1S/C13H20N4O/c1-9-7-10(18)12-11(9)13(15-8-14-12)17-5-3-16(2)4-6-17/h8-10,18H,3-7H2,1-2H3/t9-,10-/m1/s1. The third-order valence-electron chi connectivity index (χ3n) is 4.08. The molecule has 1 aromatic heterocycles. The number of nitrogens with zero attached hydrogens (tertiary/aromatic N) is 4. The van der Waals surface area contributed by atoms with Crippen LogP contribution in [-0.4, -0.2) is 53.2 Å². The van der Waals surface area contributed by atoms with Crippen LogP contribution in [0.25, 0.3) is 0 Å². The van der Waals surface area contributed by atoms with Crippen molar-refractivity contribution in [1.82, 2.24) is 14.9 Å². The molecule has 1 N–H and O–H groups in total. The number of aliphatic hydroxyl groups is 1. The van der Waals surface area contributed by atoms with E-state index < -0.39 is 6.10 Å². The molecule has 0 radical (unpaired) electrons. The lowest BCUT2D eigenvalue weighted by molar-refractivity contribution is 0.170. The molecule has 1 aromatic rings. The minimum atomic E-state index is -0.413. The first kappa shape index (κ1) is 11.9. The predicted octanol–water partition coefficient (Wildman–Crippen LogP) is 0.769. The molecule has 1 aliphatic heterocycles. The lowest BCUT2D eigenvalue weighted by Gasteiger charge is -2.34. The molecule has 18 heavy (non-hydrogen) atoms. The van der Waals surface area contributed by atoms with Gasteiger partial charge in [0.15, 0.2) is 0 Å². The Bertz CT molecular complexity index is 443. The van der Waals surface area contributed by atoms with Crippen molar-refractivity contribution in [2.45, 2.75) is 25.4 Å². The van der Waals surface area contributed by atoms with Crippen LogP contribution in [-0.2, 0) is 0 Å². The monoisotopic (exact) mass is 248 g/mol. The Hall–Kier alpha value is -1.20. The van der Waals surface area contributed by atoms with Crippen LogP contribution < -0.4 is 4.90 Å². The van der Waals surface area contributed by atoms with Gasteiger partial charge in [0.25, 0.3) is 0 Å². The summed E-state index contributed by atoms with van der Waals surface area (Å²) in [4.78, 5) is 13.4. The Morgan fingerprint density at radius 2 is 1.94 bits per heavy atom. The highest BCUT2D eigenvalue weighted by molar-refractivity contribution is 5.53. The summed E-state index contributed by atoms with van der Waals surface area (Å²) in [6.45, 7) is 6.29. The lowest BCUT2D eigenvalue weighted by atomic mass is 10.1. The van der Waals surface area contributed by atoms with Gasteiger partial charge in [-0.1, -0.05) is 6.92 Å². The molecule has 0 saturated carbocycles. The first-order valence-electron chi connectivity index (χ1n) is 6.63. The zero-order chi connectivity index (χ0) is 12.7. The molecule has 2 heterocycles. The Labute approximate surface area is 107 Å². The van der Waals surface area contributed by atoms with Crippen LogP contribution in [0.4, 0.5) is 5.82 Å². The van der Waals surface area contributed by atoms with Crippen LogP contribution >= 0.6 is 0 Å². The second-order valence-electron chi connectivity index (χ2n) is 5.44. The van der Waals surface area contributed by atoms with Gasteiger partial charge in [-0.25, -0.2) is 9.97 Å². The largest absolute Gasteiger partial charge is 0.387 e. The van der Waals surface area contributed by atoms with Crippen molar-refractivity contribution in [1.29, 1.82) is 0 Å². The van der Waals surface area contributed by atoms with E-state index >= 15 is 0 Å². The number of likely N-dealkylation sites (N-methyl/N-ethyl adjacent to an activating group) is 1. The average Bonchev–Trinajstić information content (AvgIpc) is 2.66. The molecule has 1 saturated heterocycles. The molecule has 5 heteroatoms. The molecule has 0 amide bonds. The molecule has 2 atom stereocenters. The fourth-order valence-corrected chi connectivity index (χ4v) is 2.97. The van der Waals surface area contributed by atoms with Gasteiger partial charge in [0.05, 0.1) is 11.8 Å². The lowest BCUT2D eigenvalue weighted by Crippen LogP contribution is -2.45. The number of aliphatic hydroxyl groups excluding tert-OH is 1. The molecule has 2 aliphatic rings. The van der Waals surface area contributed by atoms with Crippen LogP contribution in [0.1, 0.15) is 36.6 Å². The van der Waals surface area contributed by atoms with Crippen LogP contribution in [0, 0.1) is 0 Å². The smallest absolute Gasteiger partial charge is 0.135 e. The number of aromatic nitrogens is 2. The highest BCUT2D eigenvalue weighted by atomic mass is 16.3. The van der Waals surface area contributed by atoms with E-state index in [1.54, 1.807) is 6.33 Å². The zero-order valence-corrected chi connectivity index (χ0v) is 11.0. The normalized spacial score (nSPS) is 28.5. The van der Waals surface area contributed by atoms with E-state index in [2.05, 4.69) is 33.7 Å². The highest BCUT2D eigenvalue weighted by Crippen LogP contribution is 2.42. The van der Waals surface area contributed by atoms with Crippen molar-refractivity contribution in [2.24, 2.45) is 0 Å². The van der Waals surface area contributed by atoms with Gasteiger partial charge in [-0.15, -0.1) is 0 Å². The second-order valence-corrected chi connectivity index (χ2v) is 5.44. The zero-order valence-electron chi connectivity index (χ0n) is 11.0. The van der Waals surface area contributed by atoms with Gasteiger partial charge in [0.1, 0.15) is 12.1 Å². The average molecular weight is 248 g/mol. The van der Waals surface area contributed by atoms with Crippen LogP contribution in [0.2, 0.25) is 0 Å². The number of rotatable bonds is 1. The SMILES string of the molecule is C[C@@H]1C[C@@H](O)c2ncnc(N3CCN(C)CC3)c21. The van der Waals surface area contributed by atoms with E-state index in [1.165, 1.54) is 0 Å². The van der Waals surface area contributed by atoms with E-state index in [4.69, 9.17) is 0 Å². The van der Waals surface area contributed by atoms with Gasteiger partial charge >= 0.3 is 0 Å².